The van der Waals surface area contributed by atoms with Crippen molar-refractivity contribution in [1.29, 1.82) is 0 Å². The van der Waals surface area contributed by atoms with E-state index in [2.05, 4.69) is 0 Å². The minimum Gasteiger partial charge on any atom is -0.481 e. The van der Waals surface area contributed by atoms with Crippen LogP contribution in [0, 0.1) is 5.82 Å². The maximum Gasteiger partial charge on any atom is 0.311 e. The number of Topliss-reactive ketones (excluding diaryl/α,β-unsaturated/α-hetero) is 1. The maximum atomic E-state index is 12.8. The fourth-order valence-electron chi connectivity index (χ4n) is 1.73. The van der Waals surface area contributed by atoms with Gasteiger partial charge in [-0.3, -0.25) is 9.59 Å². The van der Waals surface area contributed by atoms with Crippen molar-refractivity contribution in [1.82, 2.24) is 0 Å². The molecule has 0 aromatic heterocycles. The average Bonchev–Trinajstić information content (AvgIpc) is 2.39. The molecule has 0 unspecified atom stereocenters. The van der Waals surface area contributed by atoms with Crippen molar-refractivity contribution in [2.45, 2.75) is 6.42 Å². The van der Waals surface area contributed by atoms with Gasteiger partial charge >= 0.3 is 5.97 Å². The van der Waals surface area contributed by atoms with Gasteiger partial charge in [-0.05, 0) is 23.3 Å². The van der Waals surface area contributed by atoms with Crippen LogP contribution >= 0.6 is 0 Å². The third-order valence-electron chi connectivity index (χ3n) is 2.70. The molecule has 0 aliphatic carbocycles. The lowest BCUT2D eigenvalue weighted by Crippen LogP contribution is -2.06. The van der Waals surface area contributed by atoms with E-state index in [1.165, 1.54) is 12.1 Å². The summed E-state index contributed by atoms with van der Waals surface area (Å²) in [6.07, 6.45) is -0.518. The van der Waals surface area contributed by atoms with Crippen molar-refractivity contribution in [2.75, 3.05) is 0 Å². The Kier molecular flexibility index (Phi) is 3.71. The summed E-state index contributed by atoms with van der Waals surface area (Å²) in [5.41, 5.74) is 2.03. The van der Waals surface area contributed by atoms with Crippen LogP contribution in [0.1, 0.15) is 16.8 Å². The Balaban J connectivity index is 2.21. The third kappa shape index (κ3) is 3.25. The molecule has 0 atom stereocenters. The molecule has 0 aliphatic rings. The van der Waals surface area contributed by atoms with Gasteiger partial charge in [-0.1, -0.05) is 36.4 Å². The highest BCUT2D eigenvalue weighted by molar-refractivity contribution is 6.05. The fraction of sp³-hybridized carbons (Fsp3) is 0.0667. The first-order chi connectivity index (χ1) is 9.06. The monoisotopic (exact) mass is 258 g/mol. The van der Waals surface area contributed by atoms with Crippen LogP contribution in [-0.4, -0.2) is 16.9 Å². The summed E-state index contributed by atoms with van der Waals surface area (Å²) in [5.74, 6) is -1.89. The lowest BCUT2D eigenvalue weighted by Gasteiger charge is -2.03. The molecule has 0 saturated carbocycles. The number of hydrogen-bond donors (Lipinski definition) is 1. The highest BCUT2D eigenvalue weighted by Crippen LogP contribution is 2.20. The van der Waals surface area contributed by atoms with Crippen LogP contribution < -0.4 is 0 Å². The molecule has 2 rings (SSSR count). The smallest absolute Gasteiger partial charge is 0.311 e. The molecular weight excluding hydrogens is 247 g/mol. The highest BCUT2D eigenvalue weighted by atomic mass is 19.1. The van der Waals surface area contributed by atoms with Gasteiger partial charge in [-0.2, -0.15) is 0 Å². The second kappa shape index (κ2) is 5.44. The number of carbonyl (C=O) groups excluding carboxylic acids is 1. The minimum atomic E-state index is -1.15. The molecule has 2 aromatic rings. The van der Waals surface area contributed by atoms with E-state index in [1.54, 1.807) is 36.4 Å². The van der Waals surface area contributed by atoms with E-state index in [4.69, 9.17) is 5.11 Å². The molecule has 1 N–H and O–H groups in total. The first-order valence-electron chi connectivity index (χ1n) is 5.67. The van der Waals surface area contributed by atoms with Gasteiger partial charge in [0.25, 0.3) is 0 Å². The molecule has 19 heavy (non-hydrogen) atoms. The number of benzene rings is 2. The lowest BCUT2D eigenvalue weighted by atomic mass is 10.0. The number of rotatable bonds is 4. The maximum absolute atomic E-state index is 12.8. The largest absolute Gasteiger partial charge is 0.481 e. The van der Waals surface area contributed by atoms with Gasteiger partial charge in [0.2, 0.25) is 0 Å². The molecule has 96 valence electrons. The van der Waals surface area contributed by atoms with E-state index < -0.39 is 18.2 Å². The molecule has 0 aliphatic heterocycles. The molecule has 0 spiro atoms. The normalized spacial score (nSPS) is 10.2. The zero-order valence-corrected chi connectivity index (χ0v) is 9.97. The molecule has 0 bridgehead atoms. The number of carbonyl (C=O) groups is 2. The molecule has 0 fully saturated rings. The third-order valence-corrected chi connectivity index (χ3v) is 2.70. The van der Waals surface area contributed by atoms with Crippen LogP contribution in [0.25, 0.3) is 11.1 Å². The average molecular weight is 258 g/mol. The SMILES string of the molecule is O=C(O)CC(=O)c1ccc(-c2ccc(F)cc2)cc1. The Labute approximate surface area is 109 Å². The van der Waals surface area contributed by atoms with E-state index in [-0.39, 0.29) is 5.82 Å². The van der Waals surface area contributed by atoms with Gasteiger partial charge in [0.05, 0.1) is 0 Å². The summed E-state index contributed by atoms with van der Waals surface area (Å²) in [6.45, 7) is 0. The molecule has 3 nitrogen and oxygen atoms in total. The summed E-state index contributed by atoms with van der Waals surface area (Å²) in [6, 6.07) is 12.6. The first-order valence-corrected chi connectivity index (χ1v) is 5.67. The predicted octanol–water partition coefficient (Wildman–Crippen LogP) is 3.15. The van der Waals surface area contributed by atoms with Crippen molar-refractivity contribution in [3.05, 3.63) is 59.9 Å². The standard InChI is InChI=1S/C15H11FO3/c16-13-7-5-11(6-8-13)10-1-3-12(4-2-10)14(17)9-15(18)19/h1-8H,9H2,(H,18,19). The van der Waals surface area contributed by atoms with E-state index in [0.29, 0.717) is 5.56 Å². The Morgan fingerprint density at radius 1 is 0.895 bits per heavy atom. The summed E-state index contributed by atoms with van der Waals surface area (Å²) < 4.78 is 12.8. The zero-order chi connectivity index (χ0) is 13.8. The molecule has 0 radical (unpaired) electrons. The van der Waals surface area contributed by atoms with E-state index in [0.717, 1.165) is 11.1 Å². The quantitative estimate of drug-likeness (QED) is 0.677. The van der Waals surface area contributed by atoms with Crippen LogP contribution in [0.5, 0.6) is 0 Å². The number of carboxylic acid groups (broad SMARTS) is 1. The number of halogens is 1. The van der Waals surface area contributed by atoms with Gasteiger partial charge in [0.1, 0.15) is 12.2 Å². The fourth-order valence-corrected chi connectivity index (χ4v) is 1.73. The van der Waals surface area contributed by atoms with Gasteiger partial charge in [0.15, 0.2) is 5.78 Å². The molecule has 4 heteroatoms. The summed E-state index contributed by atoms with van der Waals surface area (Å²) in [7, 11) is 0. The second-order valence-electron chi connectivity index (χ2n) is 4.08. The van der Waals surface area contributed by atoms with E-state index >= 15 is 0 Å². The topological polar surface area (TPSA) is 54.4 Å². The molecular formula is C15H11FO3. The number of ketones is 1. The van der Waals surface area contributed by atoms with Crippen LogP contribution in [0.2, 0.25) is 0 Å². The van der Waals surface area contributed by atoms with E-state index in [1.807, 2.05) is 0 Å². The summed E-state index contributed by atoms with van der Waals surface area (Å²) in [5, 5.41) is 8.55. The Morgan fingerprint density at radius 3 is 1.84 bits per heavy atom. The van der Waals surface area contributed by atoms with Crippen LogP contribution in [0.4, 0.5) is 4.39 Å². The van der Waals surface area contributed by atoms with E-state index in [9.17, 15) is 14.0 Å². The van der Waals surface area contributed by atoms with Crippen molar-refractivity contribution in [3.63, 3.8) is 0 Å². The molecule has 0 saturated heterocycles. The highest BCUT2D eigenvalue weighted by Gasteiger charge is 2.10. The lowest BCUT2D eigenvalue weighted by molar-refractivity contribution is -0.135. The number of aliphatic carboxylic acids is 1. The Hall–Kier alpha value is -2.49. The van der Waals surface area contributed by atoms with Crippen LogP contribution in [-0.2, 0) is 4.79 Å². The van der Waals surface area contributed by atoms with Gasteiger partial charge in [-0.15, -0.1) is 0 Å². The molecule has 0 amide bonds. The number of hydrogen-bond acceptors (Lipinski definition) is 2. The van der Waals surface area contributed by atoms with Gasteiger partial charge in [0, 0.05) is 5.56 Å². The second-order valence-corrected chi connectivity index (χ2v) is 4.08. The van der Waals surface area contributed by atoms with Crippen LogP contribution in [0.3, 0.4) is 0 Å². The Bertz CT molecular complexity index is 600. The first kappa shape index (κ1) is 13.0. The predicted molar refractivity (Wildman–Crippen MR) is 68.4 cm³/mol. The van der Waals surface area contributed by atoms with Crippen molar-refractivity contribution >= 4 is 11.8 Å². The van der Waals surface area contributed by atoms with Gasteiger partial charge in [-0.25, -0.2) is 4.39 Å². The summed E-state index contributed by atoms with van der Waals surface area (Å²) in [4.78, 5) is 22.0. The van der Waals surface area contributed by atoms with Crippen molar-refractivity contribution in [3.8, 4) is 11.1 Å². The van der Waals surface area contributed by atoms with Crippen molar-refractivity contribution in [2.24, 2.45) is 0 Å². The Morgan fingerprint density at radius 2 is 1.37 bits per heavy atom. The molecule has 2 aromatic carbocycles. The van der Waals surface area contributed by atoms with Crippen molar-refractivity contribution < 1.29 is 19.1 Å². The van der Waals surface area contributed by atoms with Gasteiger partial charge < -0.3 is 5.11 Å². The zero-order valence-electron chi connectivity index (χ0n) is 9.97. The number of carboxylic acids is 1. The van der Waals surface area contributed by atoms with Crippen LogP contribution in [0.15, 0.2) is 48.5 Å². The molecule has 0 heterocycles. The summed E-state index contributed by atoms with van der Waals surface area (Å²) >= 11 is 0. The minimum absolute atomic E-state index is 0.308.